The lowest BCUT2D eigenvalue weighted by Crippen LogP contribution is -2.67. The van der Waals surface area contributed by atoms with Crippen LogP contribution in [0, 0.1) is 6.92 Å². The molecule has 3 aromatic rings. The minimum atomic E-state index is -3.88. The maximum Gasteiger partial charge on any atom is 0.268 e. The normalized spacial score (nSPS) is 20.0. The molecule has 6 nitrogen and oxygen atoms in total. The minimum absolute atomic E-state index is 0.134. The van der Waals surface area contributed by atoms with Gasteiger partial charge >= 0.3 is 0 Å². The Morgan fingerprint density at radius 1 is 0.974 bits per heavy atom. The van der Waals surface area contributed by atoms with Crippen molar-refractivity contribution in [1.29, 1.82) is 0 Å². The van der Waals surface area contributed by atoms with Crippen molar-refractivity contribution >= 4 is 15.9 Å². The third kappa shape index (κ3) is 4.82. The Labute approximate surface area is 226 Å². The van der Waals surface area contributed by atoms with E-state index < -0.39 is 22.2 Å². The molecule has 1 fully saturated rings. The van der Waals surface area contributed by atoms with Crippen LogP contribution in [0.15, 0.2) is 95.9 Å². The topological polar surface area (TPSA) is 60.9 Å². The zero-order valence-electron chi connectivity index (χ0n) is 22.1. The number of fused-ring (bicyclic) bond motifs is 3. The molecule has 0 saturated carbocycles. The predicted octanol–water partition coefficient (Wildman–Crippen LogP) is 5.73. The number of benzene rings is 3. The van der Waals surface area contributed by atoms with Crippen molar-refractivity contribution in [1.82, 2.24) is 14.3 Å². The zero-order valence-corrected chi connectivity index (χ0v) is 22.9. The summed E-state index contributed by atoms with van der Waals surface area (Å²) in [6.07, 6.45) is 2.74. The molecule has 0 aromatic heterocycles. The number of aryl methyl sites for hydroxylation is 1. The Bertz CT molecular complexity index is 1420. The lowest BCUT2D eigenvalue weighted by Gasteiger charge is -2.55. The molecule has 0 unspecified atom stereocenters. The smallest absolute Gasteiger partial charge is 0.268 e. The predicted molar refractivity (Wildman–Crippen MR) is 150 cm³/mol. The monoisotopic (exact) mass is 529 g/mol. The van der Waals surface area contributed by atoms with Gasteiger partial charge < -0.3 is 0 Å². The average molecular weight is 530 g/mol. The van der Waals surface area contributed by atoms with Crippen LogP contribution >= 0.6 is 0 Å². The Balaban J connectivity index is 1.66. The van der Waals surface area contributed by atoms with Crippen molar-refractivity contribution in [3.8, 4) is 0 Å². The van der Waals surface area contributed by atoms with Crippen molar-refractivity contribution in [3.05, 3.63) is 113 Å². The van der Waals surface area contributed by atoms with Crippen LogP contribution in [-0.4, -0.2) is 47.8 Å². The maximum absolute atomic E-state index is 14.3. The third-order valence-electron chi connectivity index (χ3n) is 7.60. The van der Waals surface area contributed by atoms with Gasteiger partial charge in [-0.2, -0.15) is 9.31 Å². The molecular formula is C31H35N3O3S. The summed E-state index contributed by atoms with van der Waals surface area (Å²) in [5, 5.41) is 3.77. The van der Waals surface area contributed by atoms with Gasteiger partial charge in [-0.3, -0.25) is 9.80 Å². The zero-order chi connectivity index (χ0) is 26.9. The SMILES string of the molecule is C=C(CCCC)[C@H]1CN(S(=O)(=O)c2ccc(C)cc2)[C@H]2c3ccccc3CCN2N1C(=O)c1ccccc1. The van der Waals surface area contributed by atoms with E-state index in [0.717, 1.165) is 47.9 Å². The quantitative estimate of drug-likeness (QED) is 0.367. The van der Waals surface area contributed by atoms with E-state index >= 15 is 0 Å². The molecule has 7 heteroatoms. The second-order valence-corrected chi connectivity index (χ2v) is 12.1. The number of rotatable bonds is 7. The molecule has 2 heterocycles. The molecular weight excluding hydrogens is 494 g/mol. The van der Waals surface area contributed by atoms with Crippen molar-refractivity contribution in [3.63, 3.8) is 0 Å². The van der Waals surface area contributed by atoms with E-state index in [4.69, 9.17) is 0 Å². The van der Waals surface area contributed by atoms with Crippen molar-refractivity contribution in [2.75, 3.05) is 13.1 Å². The first-order valence-electron chi connectivity index (χ1n) is 13.3. The van der Waals surface area contributed by atoms with Crippen LogP contribution < -0.4 is 0 Å². The molecule has 2 aliphatic heterocycles. The van der Waals surface area contributed by atoms with Gasteiger partial charge in [-0.05, 0) is 61.6 Å². The Morgan fingerprint density at radius 2 is 1.66 bits per heavy atom. The van der Waals surface area contributed by atoms with Gasteiger partial charge in [0, 0.05) is 18.7 Å². The van der Waals surface area contributed by atoms with Gasteiger partial charge in [0.15, 0.2) is 0 Å². The molecule has 198 valence electrons. The Kier molecular flexibility index (Phi) is 7.52. The second kappa shape index (κ2) is 10.8. The number of amides is 1. The van der Waals surface area contributed by atoms with E-state index in [1.54, 1.807) is 21.4 Å². The molecule has 1 amide bonds. The fraction of sp³-hybridized carbons (Fsp3) is 0.323. The fourth-order valence-electron chi connectivity index (χ4n) is 5.51. The summed E-state index contributed by atoms with van der Waals surface area (Å²) in [5.41, 5.74) is 4.47. The van der Waals surface area contributed by atoms with E-state index in [2.05, 4.69) is 19.6 Å². The molecule has 3 aromatic carbocycles. The van der Waals surface area contributed by atoms with Gasteiger partial charge in [0.05, 0.1) is 10.9 Å². The highest BCUT2D eigenvalue weighted by Crippen LogP contribution is 2.42. The van der Waals surface area contributed by atoms with Crippen LogP contribution in [0.3, 0.4) is 0 Å². The molecule has 2 aliphatic rings. The van der Waals surface area contributed by atoms with E-state index in [0.29, 0.717) is 12.1 Å². The molecule has 0 N–H and O–H groups in total. The first-order valence-corrected chi connectivity index (χ1v) is 14.8. The number of sulfonamides is 1. The molecule has 38 heavy (non-hydrogen) atoms. The Morgan fingerprint density at radius 3 is 2.37 bits per heavy atom. The van der Waals surface area contributed by atoms with Gasteiger partial charge in [-0.25, -0.2) is 8.42 Å². The van der Waals surface area contributed by atoms with Crippen molar-refractivity contribution < 1.29 is 13.2 Å². The van der Waals surface area contributed by atoms with E-state index in [9.17, 15) is 13.2 Å². The Hall–Kier alpha value is -3.26. The van der Waals surface area contributed by atoms with Crippen LogP contribution in [0.2, 0.25) is 0 Å². The number of carbonyl (C=O) groups excluding carboxylic acids is 1. The molecule has 0 bridgehead atoms. The van der Waals surface area contributed by atoms with Crippen LogP contribution in [0.25, 0.3) is 0 Å². The minimum Gasteiger partial charge on any atom is -0.268 e. The first-order chi connectivity index (χ1) is 18.3. The lowest BCUT2D eigenvalue weighted by atomic mass is 9.94. The van der Waals surface area contributed by atoms with Gasteiger partial charge in [0.25, 0.3) is 5.91 Å². The number of hydrogen-bond acceptors (Lipinski definition) is 4. The van der Waals surface area contributed by atoms with E-state index in [-0.39, 0.29) is 17.3 Å². The summed E-state index contributed by atoms with van der Waals surface area (Å²) in [5.74, 6) is -0.134. The van der Waals surface area contributed by atoms with Gasteiger partial charge in [0.2, 0.25) is 10.0 Å². The lowest BCUT2D eigenvalue weighted by molar-refractivity contribution is -0.130. The molecule has 1 saturated heterocycles. The molecule has 0 spiro atoms. The average Bonchev–Trinajstić information content (AvgIpc) is 2.95. The van der Waals surface area contributed by atoms with E-state index in [1.807, 2.05) is 72.6 Å². The standard InChI is InChI=1S/C31H35N3O3S/c1-4-5-11-24(3)29-22-33(38(36,37)27-18-16-23(2)17-19-27)30-28-15-10-9-12-25(28)20-21-32(30)34(29)31(35)26-13-7-6-8-14-26/h6-10,12-19,29-30H,3-5,11,20-22H2,1-2H3/t29-,30+/m1/s1. The summed E-state index contributed by atoms with van der Waals surface area (Å²) in [6, 6.07) is 23.7. The fourth-order valence-corrected chi connectivity index (χ4v) is 7.08. The number of hydrogen-bond donors (Lipinski definition) is 0. The third-order valence-corrected chi connectivity index (χ3v) is 9.44. The number of carbonyl (C=O) groups is 1. The largest absolute Gasteiger partial charge is 0.268 e. The summed E-state index contributed by atoms with van der Waals surface area (Å²) < 4.78 is 30.1. The van der Waals surface area contributed by atoms with Crippen LogP contribution in [0.5, 0.6) is 0 Å². The van der Waals surface area contributed by atoms with Crippen LogP contribution in [0.1, 0.15) is 59.4 Å². The summed E-state index contributed by atoms with van der Waals surface area (Å²) in [6.45, 7) is 9.11. The highest BCUT2D eigenvalue weighted by molar-refractivity contribution is 7.89. The highest BCUT2D eigenvalue weighted by atomic mass is 32.2. The van der Waals surface area contributed by atoms with Gasteiger partial charge in [-0.1, -0.05) is 85.7 Å². The second-order valence-electron chi connectivity index (χ2n) is 10.2. The van der Waals surface area contributed by atoms with E-state index in [1.165, 1.54) is 0 Å². The molecule has 2 atom stereocenters. The number of hydrazine groups is 1. The number of nitrogens with zero attached hydrogens (tertiary/aromatic N) is 3. The van der Waals surface area contributed by atoms with Crippen LogP contribution in [-0.2, 0) is 16.4 Å². The summed E-state index contributed by atoms with van der Waals surface area (Å²) in [7, 11) is -3.88. The molecule has 0 aliphatic carbocycles. The first kappa shape index (κ1) is 26.4. The molecule has 0 radical (unpaired) electrons. The summed E-state index contributed by atoms with van der Waals surface area (Å²) >= 11 is 0. The van der Waals surface area contributed by atoms with Gasteiger partial charge in [0.1, 0.15) is 6.17 Å². The molecule has 5 rings (SSSR count). The number of unbranched alkanes of at least 4 members (excludes halogenated alkanes) is 1. The maximum atomic E-state index is 14.3. The summed E-state index contributed by atoms with van der Waals surface area (Å²) in [4.78, 5) is 14.4. The highest BCUT2D eigenvalue weighted by Gasteiger charge is 2.50. The van der Waals surface area contributed by atoms with Crippen LogP contribution in [0.4, 0.5) is 0 Å². The van der Waals surface area contributed by atoms with Crippen molar-refractivity contribution in [2.24, 2.45) is 0 Å². The van der Waals surface area contributed by atoms with Crippen molar-refractivity contribution in [2.45, 2.75) is 56.6 Å². The van der Waals surface area contributed by atoms with Gasteiger partial charge in [-0.15, -0.1) is 0 Å².